The van der Waals surface area contributed by atoms with Gasteiger partial charge in [0.1, 0.15) is 16.3 Å². The Balaban J connectivity index is 2.46. The van der Waals surface area contributed by atoms with Gasteiger partial charge in [0.2, 0.25) is 0 Å². The Morgan fingerprint density at radius 3 is 2.59 bits per heavy atom. The van der Waals surface area contributed by atoms with Gasteiger partial charge in [-0.25, -0.2) is 9.37 Å². The Morgan fingerprint density at radius 1 is 1.29 bits per heavy atom. The van der Waals surface area contributed by atoms with E-state index in [-0.39, 0.29) is 5.84 Å². The molecule has 0 aliphatic carbocycles. The van der Waals surface area contributed by atoms with E-state index in [0.29, 0.717) is 21.3 Å². The van der Waals surface area contributed by atoms with E-state index in [9.17, 15) is 4.39 Å². The molecule has 0 spiro atoms. The van der Waals surface area contributed by atoms with E-state index in [4.69, 9.17) is 11.1 Å². The van der Waals surface area contributed by atoms with E-state index in [1.54, 1.807) is 30.5 Å². The molecular formula is C12H9BrFN3. The third-order valence-corrected chi connectivity index (χ3v) is 2.79. The van der Waals surface area contributed by atoms with E-state index < -0.39 is 5.82 Å². The summed E-state index contributed by atoms with van der Waals surface area (Å²) < 4.78 is 14.5. The van der Waals surface area contributed by atoms with Crippen LogP contribution < -0.4 is 5.73 Å². The molecule has 2 rings (SSSR count). The maximum Gasteiger partial charge on any atom is 0.131 e. The number of nitrogens with one attached hydrogen (secondary N) is 1. The maximum absolute atomic E-state index is 13.8. The monoisotopic (exact) mass is 293 g/mol. The van der Waals surface area contributed by atoms with Gasteiger partial charge in [0.25, 0.3) is 0 Å². The number of nitrogens with zero attached hydrogens (tertiary/aromatic N) is 1. The molecule has 1 heterocycles. The van der Waals surface area contributed by atoms with Crippen LogP contribution >= 0.6 is 15.9 Å². The third kappa shape index (κ3) is 2.50. The first-order chi connectivity index (χ1) is 8.08. The molecule has 0 saturated heterocycles. The first-order valence-electron chi connectivity index (χ1n) is 4.84. The highest BCUT2D eigenvalue weighted by Crippen LogP contribution is 2.23. The molecule has 3 nitrogen and oxygen atoms in total. The van der Waals surface area contributed by atoms with E-state index in [1.165, 1.54) is 6.07 Å². The number of aromatic nitrogens is 1. The quantitative estimate of drug-likeness (QED) is 0.508. The highest BCUT2D eigenvalue weighted by atomic mass is 79.9. The number of nitrogens with two attached hydrogens (primary N) is 1. The number of pyridine rings is 1. The molecule has 1 aromatic carbocycles. The van der Waals surface area contributed by atoms with Crippen LogP contribution in [0.3, 0.4) is 0 Å². The summed E-state index contributed by atoms with van der Waals surface area (Å²) in [6.45, 7) is 0. The standard InChI is InChI=1S/C12H9BrFN3/c13-11-4-2-8(6-17-11)9-3-1-7(12(15)16)5-10(9)14/h1-6H,(H3,15,16). The van der Waals surface area contributed by atoms with E-state index in [1.807, 2.05) is 0 Å². The predicted octanol–water partition coefficient (Wildman–Crippen LogP) is 2.93. The highest BCUT2D eigenvalue weighted by molar-refractivity contribution is 9.10. The molecule has 0 bridgehead atoms. The number of hydrogen-bond donors (Lipinski definition) is 2. The van der Waals surface area contributed by atoms with Crippen LogP contribution in [0.15, 0.2) is 41.1 Å². The Bertz CT molecular complexity index is 566. The van der Waals surface area contributed by atoms with Gasteiger partial charge >= 0.3 is 0 Å². The molecule has 0 aliphatic rings. The fourth-order valence-electron chi connectivity index (χ4n) is 1.45. The number of amidine groups is 1. The number of hydrogen-bond acceptors (Lipinski definition) is 2. The summed E-state index contributed by atoms with van der Waals surface area (Å²) in [6.07, 6.45) is 1.58. The summed E-state index contributed by atoms with van der Waals surface area (Å²) in [5, 5.41) is 7.23. The zero-order valence-corrected chi connectivity index (χ0v) is 10.3. The Hall–Kier alpha value is -1.75. The largest absolute Gasteiger partial charge is 0.384 e. The molecule has 0 aliphatic heterocycles. The molecule has 0 radical (unpaired) electrons. The van der Waals surface area contributed by atoms with E-state index in [2.05, 4.69) is 20.9 Å². The van der Waals surface area contributed by atoms with Crippen LogP contribution in [0.4, 0.5) is 4.39 Å². The molecule has 0 saturated carbocycles. The lowest BCUT2D eigenvalue weighted by molar-refractivity contribution is 0.631. The van der Waals surface area contributed by atoms with E-state index in [0.717, 1.165) is 0 Å². The highest BCUT2D eigenvalue weighted by Gasteiger charge is 2.07. The van der Waals surface area contributed by atoms with Crippen molar-refractivity contribution in [2.24, 2.45) is 5.73 Å². The van der Waals surface area contributed by atoms with E-state index >= 15 is 0 Å². The van der Waals surface area contributed by atoms with Gasteiger partial charge in [-0.1, -0.05) is 18.2 Å². The molecule has 86 valence electrons. The molecule has 17 heavy (non-hydrogen) atoms. The average Bonchev–Trinajstić information content (AvgIpc) is 2.30. The molecule has 5 heteroatoms. The minimum atomic E-state index is -0.415. The Morgan fingerprint density at radius 2 is 2.06 bits per heavy atom. The minimum Gasteiger partial charge on any atom is -0.384 e. The van der Waals surface area contributed by atoms with Crippen molar-refractivity contribution in [3.63, 3.8) is 0 Å². The lowest BCUT2D eigenvalue weighted by atomic mass is 10.0. The lowest BCUT2D eigenvalue weighted by Crippen LogP contribution is -2.11. The van der Waals surface area contributed by atoms with Crippen LogP contribution in [-0.2, 0) is 0 Å². The van der Waals surface area contributed by atoms with Gasteiger partial charge in [-0.2, -0.15) is 0 Å². The average molecular weight is 294 g/mol. The topological polar surface area (TPSA) is 62.8 Å². The summed E-state index contributed by atoms with van der Waals surface area (Å²) in [5.41, 5.74) is 6.78. The summed E-state index contributed by atoms with van der Waals surface area (Å²) in [5.74, 6) is -0.564. The number of rotatable bonds is 2. The second-order valence-electron chi connectivity index (χ2n) is 3.48. The summed E-state index contributed by atoms with van der Waals surface area (Å²) in [4.78, 5) is 4.04. The predicted molar refractivity (Wildman–Crippen MR) is 68.3 cm³/mol. The van der Waals surface area contributed by atoms with Crippen LogP contribution in [0.2, 0.25) is 0 Å². The minimum absolute atomic E-state index is 0.149. The molecule has 0 fully saturated rings. The van der Waals surface area contributed by atoms with Crippen molar-refractivity contribution in [2.75, 3.05) is 0 Å². The molecule has 0 unspecified atom stereocenters. The van der Waals surface area contributed by atoms with Crippen LogP contribution in [0, 0.1) is 11.2 Å². The zero-order chi connectivity index (χ0) is 12.4. The normalized spacial score (nSPS) is 10.2. The van der Waals surface area contributed by atoms with Gasteiger partial charge in [-0.15, -0.1) is 0 Å². The van der Waals surface area contributed by atoms with Crippen LogP contribution in [0.1, 0.15) is 5.56 Å². The van der Waals surface area contributed by atoms with Crippen LogP contribution in [-0.4, -0.2) is 10.8 Å². The number of halogens is 2. The lowest BCUT2D eigenvalue weighted by Gasteiger charge is -2.05. The molecule has 3 N–H and O–H groups in total. The molecule has 0 amide bonds. The zero-order valence-electron chi connectivity index (χ0n) is 8.74. The van der Waals surface area contributed by atoms with Crippen molar-refractivity contribution in [3.05, 3.63) is 52.5 Å². The second-order valence-corrected chi connectivity index (χ2v) is 4.29. The van der Waals surface area contributed by atoms with Gasteiger partial charge in [-0.05, 0) is 28.1 Å². The van der Waals surface area contributed by atoms with Crippen molar-refractivity contribution >= 4 is 21.8 Å². The maximum atomic E-state index is 13.8. The van der Waals surface area contributed by atoms with Crippen molar-refractivity contribution in [1.82, 2.24) is 4.98 Å². The SMILES string of the molecule is N=C(N)c1ccc(-c2ccc(Br)nc2)c(F)c1. The fraction of sp³-hybridized carbons (Fsp3) is 0. The Kier molecular flexibility index (Phi) is 3.19. The van der Waals surface area contributed by atoms with Gasteiger partial charge in [0.15, 0.2) is 0 Å². The molecule has 2 aromatic rings. The summed E-state index contributed by atoms with van der Waals surface area (Å²) in [6, 6.07) is 7.97. The second kappa shape index (κ2) is 4.63. The summed E-state index contributed by atoms with van der Waals surface area (Å²) >= 11 is 3.22. The van der Waals surface area contributed by atoms with Crippen molar-refractivity contribution in [3.8, 4) is 11.1 Å². The molecule has 0 atom stereocenters. The fourth-order valence-corrected chi connectivity index (χ4v) is 1.69. The third-order valence-electron chi connectivity index (χ3n) is 2.32. The number of benzene rings is 1. The van der Waals surface area contributed by atoms with Gasteiger partial charge < -0.3 is 5.73 Å². The van der Waals surface area contributed by atoms with Crippen LogP contribution in [0.25, 0.3) is 11.1 Å². The summed E-state index contributed by atoms with van der Waals surface area (Å²) in [7, 11) is 0. The number of nitrogen functional groups attached to an aromatic ring is 1. The van der Waals surface area contributed by atoms with Crippen molar-refractivity contribution < 1.29 is 4.39 Å². The van der Waals surface area contributed by atoms with Crippen molar-refractivity contribution in [2.45, 2.75) is 0 Å². The first-order valence-corrected chi connectivity index (χ1v) is 5.63. The Labute approximate surface area is 106 Å². The van der Waals surface area contributed by atoms with Gasteiger partial charge in [-0.3, -0.25) is 5.41 Å². The molecule has 1 aromatic heterocycles. The van der Waals surface area contributed by atoms with Crippen molar-refractivity contribution in [1.29, 1.82) is 5.41 Å². The van der Waals surface area contributed by atoms with Gasteiger partial charge in [0, 0.05) is 22.9 Å². The molecular weight excluding hydrogens is 285 g/mol. The van der Waals surface area contributed by atoms with Crippen LogP contribution in [0.5, 0.6) is 0 Å². The first kappa shape index (κ1) is 11.7. The smallest absolute Gasteiger partial charge is 0.131 e. The van der Waals surface area contributed by atoms with Gasteiger partial charge in [0.05, 0.1) is 0 Å².